The minimum Gasteiger partial charge on any atom is -0.477 e. The highest BCUT2D eigenvalue weighted by Crippen LogP contribution is 2.26. The highest BCUT2D eigenvalue weighted by molar-refractivity contribution is 6.09. The van der Waals surface area contributed by atoms with Gasteiger partial charge in [-0.15, -0.1) is 0 Å². The molecule has 0 aliphatic carbocycles. The van der Waals surface area contributed by atoms with E-state index in [1.807, 2.05) is 37.3 Å². The molecule has 1 aliphatic rings. The molecule has 3 heterocycles. The number of aromatic nitrogens is 3. The number of pyridine rings is 1. The monoisotopic (exact) mass is 308 g/mol. The lowest BCUT2D eigenvalue weighted by Crippen LogP contribution is -2.18. The average Bonchev–Trinajstić information content (AvgIpc) is 2.99. The Morgan fingerprint density at radius 1 is 1.30 bits per heavy atom. The molecule has 116 valence electrons. The number of carbonyl (C=O) groups is 1. The van der Waals surface area contributed by atoms with Gasteiger partial charge in [-0.2, -0.15) is 5.10 Å². The van der Waals surface area contributed by atoms with Gasteiger partial charge in [0.25, 0.3) is 5.91 Å². The fourth-order valence-electron chi connectivity index (χ4n) is 2.78. The molecule has 0 spiro atoms. The summed E-state index contributed by atoms with van der Waals surface area (Å²) in [5.74, 6) is 0.323. The summed E-state index contributed by atoms with van der Waals surface area (Å²) in [6.45, 7) is 3.34. The van der Waals surface area contributed by atoms with Crippen LogP contribution in [0.5, 0.6) is 5.88 Å². The summed E-state index contributed by atoms with van der Waals surface area (Å²) < 4.78 is 7.31. The predicted octanol–water partition coefficient (Wildman–Crippen LogP) is 2.77. The summed E-state index contributed by atoms with van der Waals surface area (Å²) in [5.41, 5.74) is 2.99. The zero-order valence-electron chi connectivity index (χ0n) is 12.7. The highest BCUT2D eigenvalue weighted by Gasteiger charge is 2.22. The lowest BCUT2D eigenvalue weighted by Gasteiger charge is -2.16. The number of nitrogens with one attached hydrogen (secondary N) is 1. The number of hydrogen-bond donors (Lipinski definition) is 1. The summed E-state index contributed by atoms with van der Waals surface area (Å²) in [6.07, 6.45) is 2.47. The van der Waals surface area contributed by atoms with Gasteiger partial charge >= 0.3 is 0 Å². The SMILES string of the molecule is Cc1ccc2c(NC(=O)c3cnn4c3OCCC4)cccc2n1. The van der Waals surface area contributed by atoms with Crippen molar-refractivity contribution in [3.05, 3.63) is 47.8 Å². The molecule has 1 aliphatic heterocycles. The molecule has 3 aromatic rings. The molecule has 6 nitrogen and oxygen atoms in total. The number of benzene rings is 1. The van der Waals surface area contributed by atoms with Gasteiger partial charge in [-0.1, -0.05) is 6.07 Å². The lowest BCUT2D eigenvalue weighted by atomic mass is 10.1. The minimum atomic E-state index is -0.221. The van der Waals surface area contributed by atoms with Crippen LogP contribution in [0.4, 0.5) is 5.69 Å². The molecule has 1 N–H and O–H groups in total. The fourth-order valence-corrected chi connectivity index (χ4v) is 2.78. The van der Waals surface area contributed by atoms with Gasteiger partial charge in [-0.05, 0) is 31.2 Å². The van der Waals surface area contributed by atoms with Gasteiger partial charge in [0.2, 0.25) is 5.88 Å². The van der Waals surface area contributed by atoms with E-state index < -0.39 is 0 Å². The molecule has 2 aromatic heterocycles. The van der Waals surface area contributed by atoms with E-state index >= 15 is 0 Å². The molecule has 1 aromatic carbocycles. The largest absolute Gasteiger partial charge is 0.477 e. The minimum absolute atomic E-state index is 0.221. The van der Waals surface area contributed by atoms with Gasteiger partial charge in [0.15, 0.2) is 0 Å². The maximum Gasteiger partial charge on any atom is 0.262 e. The van der Waals surface area contributed by atoms with Gasteiger partial charge < -0.3 is 10.1 Å². The van der Waals surface area contributed by atoms with Gasteiger partial charge in [-0.3, -0.25) is 9.78 Å². The van der Waals surface area contributed by atoms with Crippen LogP contribution in [0.1, 0.15) is 22.5 Å². The number of ether oxygens (including phenoxy) is 1. The van der Waals surface area contributed by atoms with Crippen LogP contribution in [0.15, 0.2) is 36.5 Å². The van der Waals surface area contributed by atoms with Gasteiger partial charge in [0.05, 0.1) is 24.0 Å². The van der Waals surface area contributed by atoms with Gasteiger partial charge in [-0.25, -0.2) is 4.68 Å². The van der Waals surface area contributed by atoms with Gasteiger partial charge in [0, 0.05) is 24.0 Å². The van der Waals surface area contributed by atoms with Crippen molar-refractivity contribution in [3.63, 3.8) is 0 Å². The molecule has 0 unspecified atom stereocenters. The Morgan fingerprint density at radius 2 is 2.22 bits per heavy atom. The first-order chi connectivity index (χ1) is 11.2. The highest BCUT2D eigenvalue weighted by atomic mass is 16.5. The molecule has 4 rings (SSSR count). The second-order valence-electron chi connectivity index (χ2n) is 5.57. The number of hydrogen-bond acceptors (Lipinski definition) is 4. The molecule has 6 heteroatoms. The van der Waals surface area contributed by atoms with Gasteiger partial charge in [0.1, 0.15) is 5.56 Å². The molecule has 0 radical (unpaired) electrons. The number of fused-ring (bicyclic) bond motifs is 2. The number of anilines is 1. The van der Waals surface area contributed by atoms with Crippen LogP contribution in [0.25, 0.3) is 10.9 Å². The van der Waals surface area contributed by atoms with Crippen LogP contribution >= 0.6 is 0 Å². The van der Waals surface area contributed by atoms with E-state index in [-0.39, 0.29) is 5.91 Å². The molecule has 1 amide bonds. The van der Waals surface area contributed by atoms with E-state index in [1.165, 1.54) is 0 Å². The Balaban J connectivity index is 1.68. The quantitative estimate of drug-likeness (QED) is 0.790. The summed E-state index contributed by atoms with van der Waals surface area (Å²) >= 11 is 0. The Labute approximate surface area is 133 Å². The Hall–Kier alpha value is -2.89. The summed E-state index contributed by atoms with van der Waals surface area (Å²) in [6, 6.07) is 9.59. The zero-order valence-corrected chi connectivity index (χ0v) is 12.7. The van der Waals surface area contributed by atoms with Crippen molar-refractivity contribution in [3.8, 4) is 5.88 Å². The maximum absolute atomic E-state index is 12.6. The van der Waals surface area contributed by atoms with Crippen molar-refractivity contribution < 1.29 is 9.53 Å². The first kappa shape index (κ1) is 13.8. The number of amides is 1. The smallest absolute Gasteiger partial charge is 0.262 e. The van der Waals surface area contributed by atoms with Crippen molar-refractivity contribution in [1.82, 2.24) is 14.8 Å². The predicted molar refractivity (Wildman–Crippen MR) is 86.8 cm³/mol. The second-order valence-corrected chi connectivity index (χ2v) is 5.57. The van der Waals surface area contributed by atoms with E-state index in [9.17, 15) is 4.79 Å². The van der Waals surface area contributed by atoms with Crippen molar-refractivity contribution in [2.75, 3.05) is 11.9 Å². The normalized spacial score (nSPS) is 13.4. The summed E-state index contributed by atoms with van der Waals surface area (Å²) in [7, 11) is 0. The third-order valence-corrected chi connectivity index (χ3v) is 3.91. The van der Waals surface area contributed by atoms with Crippen molar-refractivity contribution in [2.24, 2.45) is 0 Å². The first-order valence-electron chi connectivity index (χ1n) is 7.59. The standard InChI is InChI=1S/C17H16N4O2/c1-11-6-7-12-14(19-11)4-2-5-15(12)20-16(22)13-10-18-21-8-3-9-23-17(13)21/h2,4-7,10H,3,8-9H2,1H3,(H,20,22). The third-order valence-electron chi connectivity index (χ3n) is 3.91. The Bertz CT molecular complexity index is 901. The van der Waals surface area contributed by atoms with Crippen molar-refractivity contribution in [2.45, 2.75) is 19.9 Å². The summed E-state index contributed by atoms with van der Waals surface area (Å²) in [4.78, 5) is 17.1. The van der Waals surface area contributed by atoms with E-state index in [4.69, 9.17) is 4.74 Å². The Morgan fingerprint density at radius 3 is 3.13 bits per heavy atom. The molecule has 0 atom stereocenters. The molecule has 0 fully saturated rings. The van der Waals surface area contributed by atoms with Crippen LogP contribution in [-0.4, -0.2) is 27.3 Å². The molecular weight excluding hydrogens is 292 g/mol. The van der Waals surface area contributed by atoms with E-state index in [2.05, 4.69) is 15.4 Å². The second kappa shape index (κ2) is 5.39. The number of rotatable bonds is 2. The average molecular weight is 308 g/mol. The van der Waals surface area contributed by atoms with E-state index in [0.29, 0.717) is 18.1 Å². The van der Waals surface area contributed by atoms with Crippen LogP contribution in [-0.2, 0) is 6.54 Å². The molecule has 0 bridgehead atoms. The van der Waals surface area contributed by atoms with E-state index in [1.54, 1.807) is 10.9 Å². The van der Waals surface area contributed by atoms with E-state index in [0.717, 1.165) is 35.2 Å². The van der Waals surface area contributed by atoms with Crippen LogP contribution in [0.2, 0.25) is 0 Å². The van der Waals surface area contributed by atoms with Crippen molar-refractivity contribution >= 4 is 22.5 Å². The molecular formula is C17H16N4O2. The third kappa shape index (κ3) is 2.42. The maximum atomic E-state index is 12.6. The van der Waals surface area contributed by atoms with Crippen LogP contribution < -0.4 is 10.1 Å². The fraction of sp³-hybridized carbons (Fsp3) is 0.235. The molecule has 0 saturated heterocycles. The van der Waals surface area contributed by atoms with Crippen LogP contribution in [0, 0.1) is 6.92 Å². The van der Waals surface area contributed by atoms with Crippen molar-refractivity contribution in [1.29, 1.82) is 0 Å². The lowest BCUT2D eigenvalue weighted by molar-refractivity contribution is 0.102. The summed E-state index contributed by atoms with van der Waals surface area (Å²) in [5, 5.41) is 8.07. The molecule has 0 saturated carbocycles. The number of carbonyl (C=O) groups excluding carboxylic acids is 1. The first-order valence-corrected chi connectivity index (χ1v) is 7.59. The topological polar surface area (TPSA) is 69.0 Å². The number of nitrogens with zero attached hydrogens (tertiary/aromatic N) is 3. The zero-order chi connectivity index (χ0) is 15.8. The molecule has 23 heavy (non-hydrogen) atoms. The Kier molecular flexibility index (Phi) is 3.22. The number of aryl methyl sites for hydroxylation is 2. The van der Waals surface area contributed by atoms with Crippen LogP contribution in [0.3, 0.4) is 0 Å².